The number of nitrogens with one attached hydrogen (secondary N) is 2. The Bertz CT molecular complexity index is 680. The zero-order valence-electron chi connectivity index (χ0n) is 11.6. The van der Waals surface area contributed by atoms with Crippen molar-refractivity contribution in [2.24, 2.45) is 0 Å². The smallest absolute Gasteiger partial charge is 0.295 e. The highest BCUT2D eigenvalue weighted by molar-refractivity contribution is 7.92. The molecule has 1 heterocycles. The lowest BCUT2D eigenvalue weighted by Gasteiger charge is -2.05. The molecule has 1 aromatic heterocycles. The van der Waals surface area contributed by atoms with Crippen molar-refractivity contribution in [3.8, 4) is 0 Å². The predicted molar refractivity (Wildman–Crippen MR) is 77.9 cm³/mol. The molecule has 0 amide bonds. The Labute approximate surface area is 123 Å². The average Bonchev–Trinajstić information content (AvgIpc) is 2.91. The van der Waals surface area contributed by atoms with Crippen molar-refractivity contribution in [2.75, 3.05) is 11.3 Å². The van der Waals surface area contributed by atoms with Gasteiger partial charge in [-0.2, -0.15) is 8.42 Å². The van der Waals surface area contributed by atoms with E-state index in [2.05, 4.69) is 10.0 Å². The van der Waals surface area contributed by atoms with Crippen molar-refractivity contribution in [1.29, 1.82) is 0 Å². The topological polar surface area (TPSA) is 71.3 Å². The van der Waals surface area contributed by atoms with Gasteiger partial charge in [0.25, 0.3) is 10.0 Å². The second-order valence-electron chi connectivity index (χ2n) is 4.51. The van der Waals surface area contributed by atoms with Gasteiger partial charge in [-0.25, -0.2) is 4.39 Å². The molecular weight excluding hydrogens is 295 g/mol. The van der Waals surface area contributed by atoms with Gasteiger partial charge in [-0.1, -0.05) is 6.92 Å². The summed E-state index contributed by atoms with van der Waals surface area (Å²) in [6.45, 7) is 3.34. The third-order valence-electron chi connectivity index (χ3n) is 2.72. The molecule has 21 heavy (non-hydrogen) atoms. The maximum Gasteiger partial charge on any atom is 0.295 e. The molecule has 2 aromatic rings. The average molecular weight is 312 g/mol. The van der Waals surface area contributed by atoms with Gasteiger partial charge in [0.05, 0.1) is 6.54 Å². The highest BCUT2D eigenvalue weighted by Crippen LogP contribution is 2.18. The highest BCUT2D eigenvalue weighted by Gasteiger charge is 2.18. The molecule has 0 aliphatic carbocycles. The van der Waals surface area contributed by atoms with Gasteiger partial charge in [0.15, 0.2) is 0 Å². The first-order chi connectivity index (χ1) is 10.0. The minimum Gasteiger partial charge on any atom is -0.446 e. The van der Waals surface area contributed by atoms with Crippen LogP contribution >= 0.6 is 0 Å². The van der Waals surface area contributed by atoms with Crippen LogP contribution in [0, 0.1) is 5.82 Å². The lowest BCUT2D eigenvalue weighted by molar-refractivity contribution is 0.403. The number of hydrogen-bond acceptors (Lipinski definition) is 4. The quantitative estimate of drug-likeness (QED) is 0.771. The lowest BCUT2D eigenvalue weighted by Crippen LogP contribution is -2.14. The molecule has 0 spiro atoms. The molecule has 0 radical (unpaired) electrons. The van der Waals surface area contributed by atoms with Crippen molar-refractivity contribution in [2.45, 2.75) is 25.0 Å². The van der Waals surface area contributed by atoms with Crippen LogP contribution in [0.25, 0.3) is 0 Å². The largest absolute Gasteiger partial charge is 0.446 e. The number of anilines is 1. The van der Waals surface area contributed by atoms with E-state index in [4.69, 9.17) is 4.42 Å². The van der Waals surface area contributed by atoms with Crippen LogP contribution in [0.5, 0.6) is 0 Å². The maximum absolute atomic E-state index is 12.8. The third-order valence-corrected chi connectivity index (χ3v) is 3.98. The monoisotopic (exact) mass is 312 g/mol. The number of rotatable bonds is 7. The fourth-order valence-electron chi connectivity index (χ4n) is 1.71. The van der Waals surface area contributed by atoms with Crippen molar-refractivity contribution >= 4 is 15.7 Å². The number of hydrogen-bond donors (Lipinski definition) is 2. The van der Waals surface area contributed by atoms with Gasteiger partial charge in [0, 0.05) is 5.69 Å². The Balaban J connectivity index is 2.07. The van der Waals surface area contributed by atoms with Gasteiger partial charge < -0.3 is 9.73 Å². The standard InChI is InChI=1S/C14H17FN2O3S/c1-2-9-16-10-13-7-8-14(20-13)21(18,19)17-12-5-3-11(15)4-6-12/h3-8,16-17H,2,9-10H2,1H3. The number of halogens is 1. The van der Waals surface area contributed by atoms with Gasteiger partial charge in [-0.15, -0.1) is 0 Å². The molecule has 0 saturated carbocycles. The summed E-state index contributed by atoms with van der Waals surface area (Å²) in [4.78, 5) is 0. The predicted octanol–water partition coefficient (Wildman–Crippen LogP) is 2.72. The molecular formula is C14H17FN2O3S. The van der Waals surface area contributed by atoms with E-state index in [0.717, 1.165) is 13.0 Å². The van der Waals surface area contributed by atoms with Crippen LogP contribution in [0.1, 0.15) is 19.1 Å². The van der Waals surface area contributed by atoms with Crippen LogP contribution in [0.15, 0.2) is 45.9 Å². The van der Waals surface area contributed by atoms with Gasteiger partial charge in [0.1, 0.15) is 11.6 Å². The van der Waals surface area contributed by atoms with E-state index in [-0.39, 0.29) is 10.8 Å². The molecule has 0 bridgehead atoms. The molecule has 0 aliphatic rings. The summed E-state index contributed by atoms with van der Waals surface area (Å²) >= 11 is 0. The molecule has 2 rings (SSSR count). The van der Waals surface area contributed by atoms with Gasteiger partial charge in [0.2, 0.25) is 5.09 Å². The van der Waals surface area contributed by atoms with Crippen molar-refractivity contribution in [3.05, 3.63) is 48.0 Å². The van der Waals surface area contributed by atoms with E-state index in [1.54, 1.807) is 6.07 Å². The van der Waals surface area contributed by atoms with Gasteiger partial charge >= 0.3 is 0 Å². The first-order valence-electron chi connectivity index (χ1n) is 6.59. The molecule has 1 aromatic carbocycles. The normalized spacial score (nSPS) is 11.5. The lowest BCUT2D eigenvalue weighted by atomic mass is 10.3. The summed E-state index contributed by atoms with van der Waals surface area (Å²) < 4.78 is 44.6. The van der Waals surface area contributed by atoms with E-state index in [9.17, 15) is 12.8 Å². The van der Waals surface area contributed by atoms with Gasteiger partial charge in [-0.3, -0.25) is 4.72 Å². The van der Waals surface area contributed by atoms with Crippen molar-refractivity contribution < 1.29 is 17.2 Å². The van der Waals surface area contributed by atoms with Crippen LogP contribution in [0.3, 0.4) is 0 Å². The van der Waals surface area contributed by atoms with E-state index in [0.29, 0.717) is 12.3 Å². The molecule has 0 unspecified atom stereocenters. The minimum atomic E-state index is -3.80. The summed E-state index contributed by atoms with van der Waals surface area (Å²) in [5.74, 6) is 0.114. The van der Waals surface area contributed by atoms with Crippen LogP contribution in [-0.2, 0) is 16.6 Å². The third kappa shape index (κ3) is 4.30. The van der Waals surface area contributed by atoms with Gasteiger partial charge in [-0.05, 0) is 49.4 Å². The van der Waals surface area contributed by atoms with Crippen LogP contribution in [-0.4, -0.2) is 15.0 Å². The van der Waals surface area contributed by atoms with Crippen molar-refractivity contribution in [1.82, 2.24) is 5.32 Å². The fraction of sp³-hybridized carbons (Fsp3) is 0.286. The molecule has 5 nitrogen and oxygen atoms in total. The first kappa shape index (κ1) is 15.5. The summed E-state index contributed by atoms with van der Waals surface area (Å²) in [5.41, 5.74) is 0.276. The Morgan fingerprint density at radius 1 is 1.14 bits per heavy atom. The summed E-state index contributed by atoms with van der Waals surface area (Å²) in [6.07, 6.45) is 0.984. The van der Waals surface area contributed by atoms with Crippen LogP contribution in [0.4, 0.5) is 10.1 Å². The zero-order valence-corrected chi connectivity index (χ0v) is 12.4. The molecule has 114 valence electrons. The van der Waals surface area contributed by atoms with E-state index in [1.807, 2.05) is 6.92 Å². The summed E-state index contributed by atoms with van der Waals surface area (Å²) in [5, 5.41) is 2.95. The van der Waals surface area contributed by atoms with Crippen LogP contribution in [0.2, 0.25) is 0 Å². The maximum atomic E-state index is 12.8. The summed E-state index contributed by atoms with van der Waals surface area (Å²) in [7, 11) is -3.80. The second kappa shape index (κ2) is 6.73. The number of benzene rings is 1. The number of furan rings is 1. The van der Waals surface area contributed by atoms with Crippen LogP contribution < -0.4 is 10.0 Å². The first-order valence-corrected chi connectivity index (χ1v) is 8.07. The Morgan fingerprint density at radius 2 is 1.86 bits per heavy atom. The fourth-order valence-corrected chi connectivity index (χ4v) is 2.72. The Morgan fingerprint density at radius 3 is 2.52 bits per heavy atom. The molecule has 2 N–H and O–H groups in total. The minimum absolute atomic E-state index is 0.167. The molecule has 0 atom stereocenters. The highest BCUT2D eigenvalue weighted by atomic mass is 32.2. The van der Waals surface area contributed by atoms with E-state index < -0.39 is 15.8 Å². The molecule has 0 fully saturated rings. The SMILES string of the molecule is CCCNCc1ccc(S(=O)(=O)Nc2ccc(F)cc2)o1. The number of sulfonamides is 1. The summed E-state index contributed by atoms with van der Waals surface area (Å²) in [6, 6.07) is 8.07. The Hall–Kier alpha value is -1.86. The van der Waals surface area contributed by atoms with Crippen molar-refractivity contribution in [3.63, 3.8) is 0 Å². The van der Waals surface area contributed by atoms with E-state index in [1.165, 1.54) is 30.3 Å². The second-order valence-corrected chi connectivity index (χ2v) is 6.12. The zero-order chi connectivity index (χ0) is 15.3. The molecule has 0 aliphatic heterocycles. The molecule has 7 heteroatoms. The van der Waals surface area contributed by atoms with E-state index >= 15 is 0 Å². The molecule has 0 saturated heterocycles. The Kier molecular flexibility index (Phi) is 4.98.